The van der Waals surface area contributed by atoms with Gasteiger partial charge < -0.3 is 15.8 Å². The number of pyridine rings is 1. The molecule has 2 rings (SSSR count). The lowest BCUT2D eigenvalue weighted by atomic mass is 10.2. The monoisotopic (exact) mass is 339 g/mol. The summed E-state index contributed by atoms with van der Waals surface area (Å²) in [5.41, 5.74) is 5.90. The predicted octanol–water partition coefficient (Wildman–Crippen LogP) is 2.58. The van der Waals surface area contributed by atoms with E-state index < -0.39 is 11.7 Å². The number of rotatable bonds is 4. The molecule has 5 nitrogen and oxygen atoms in total. The SMILES string of the molecule is Nc1ccc(F)c(NC(=O)COc2cncc(Br)c2)c1. The molecule has 3 N–H and O–H groups in total. The highest BCUT2D eigenvalue weighted by Gasteiger charge is 2.08. The molecule has 1 aromatic heterocycles. The van der Waals surface area contributed by atoms with Crippen LogP contribution in [0.1, 0.15) is 0 Å². The van der Waals surface area contributed by atoms with Gasteiger partial charge in [-0.25, -0.2) is 4.39 Å². The van der Waals surface area contributed by atoms with Crippen molar-refractivity contribution in [2.75, 3.05) is 17.7 Å². The van der Waals surface area contributed by atoms with Crippen LogP contribution in [0.4, 0.5) is 15.8 Å². The van der Waals surface area contributed by atoms with Gasteiger partial charge in [-0.1, -0.05) is 0 Å². The number of nitrogens with one attached hydrogen (secondary N) is 1. The number of nitrogen functional groups attached to an aromatic ring is 1. The average molecular weight is 340 g/mol. The van der Waals surface area contributed by atoms with Crippen molar-refractivity contribution in [2.45, 2.75) is 0 Å². The van der Waals surface area contributed by atoms with E-state index in [1.54, 1.807) is 12.3 Å². The van der Waals surface area contributed by atoms with Gasteiger partial charge in [0.15, 0.2) is 6.61 Å². The van der Waals surface area contributed by atoms with Gasteiger partial charge in [-0.3, -0.25) is 9.78 Å². The maximum Gasteiger partial charge on any atom is 0.262 e. The molecule has 0 unspecified atom stereocenters. The molecule has 0 aliphatic carbocycles. The van der Waals surface area contributed by atoms with Gasteiger partial charge in [0.1, 0.15) is 11.6 Å². The average Bonchev–Trinajstić information content (AvgIpc) is 2.41. The zero-order chi connectivity index (χ0) is 14.5. The molecule has 2 aromatic rings. The van der Waals surface area contributed by atoms with E-state index in [2.05, 4.69) is 26.2 Å². The molecule has 104 valence electrons. The Labute approximate surface area is 123 Å². The van der Waals surface area contributed by atoms with Crippen LogP contribution < -0.4 is 15.8 Å². The van der Waals surface area contributed by atoms with Crippen LogP contribution in [-0.2, 0) is 4.79 Å². The van der Waals surface area contributed by atoms with E-state index >= 15 is 0 Å². The van der Waals surface area contributed by atoms with Gasteiger partial charge >= 0.3 is 0 Å². The minimum atomic E-state index is -0.559. The molecule has 0 fully saturated rings. The van der Waals surface area contributed by atoms with Gasteiger partial charge in [-0.05, 0) is 40.2 Å². The Balaban J connectivity index is 1.94. The van der Waals surface area contributed by atoms with Crippen molar-refractivity contribution in [1.82, 2.24) is 4.98 Å². The van der Waals surface area contributed by atoms with Crippen molar-refractivity contribution in [3.05, 3.63) is 46.9 Å². The van der Waals surface area contributed by atoms with Crippen LogP contribution in [0.25, 0.3) is 0 Å². The summed E-state index contributed by atoms with van der Waals surface area (Å²) in [6.07, 6.45) is 3.06. The number of amides is 1. The number of benzene rings is 1. The van der Waals surface area contributed by atoms with Gasteiger partial charge in [-0.2, -0.15) is 0 Å². The lowest BCUT2D eigenvalue weighted by Gasteiger charge is -2.08. The largest absolute Gasteiger partial charge is 0.482 e. The van der Waals surface area contributed by atoms with Crippen molar-refractivity contribution >= 4 is 33.2 Å². The smallest absolute Gasteiger partial charge is 0.262 e. The number of halogens is 2. The van der Waals surface area contributed by atoms with E-state index in [-0.39, 0.29) is 12.3 Å². The predicted molar refractivity (Wildman–Crippen MR) is 76.9 cm³/mol. The maximum absolute atomic E-state index is 13.4. The molecule has 1 amide bonds. The standard InChI is InChI=1S/C13H11BrFN3O2/c14-8-3-10(6-17-5-8)20-7-13(19)18-12-4-9(16)1-2-11(12)15/h1-6H,7,16H2,(H,18,19). The molecular weight excluding hydrogens is 329 g/mol. The Morgan fingerprint density at radius 2 is 2.20 bits per heavy atom. The van der Waals surface area contributed by atoms with Gasteiger partial charge in [-0.15, -0.1) is 0 Å². The van der Waals surface area contributed by atoms with Crippen LogP contribution in [0.15, 0.2) is 41.1 Å². The zero-order valence-electron chi connectivity index (χ0n) is 10.3. The highest BCUT2D eigenvalue weighted by atomic mass is 79.9. The van der Waals surface area contributed by atoms with Crippen LogP contribution in [0, 0.1) is 5.82 Å². The number of nitrogens with zero attached hydrogens (tertiary/aromatic N) is 1. The summed E-state index contributed by atoms with van der Waals surface area (Å²) in [4.78, 5) is 15.6. The van der Waals surface area contributed by atoms with Crippen LogP contribution >= 0.6 is 15.9 Å². The Morgan fingerprint density at radius 3 is 2.95 bits per heavy atom. The number of anilines is 2. The van der Waals surface area contributed by atoms with Crippen molar-refractivity contribution in [2.24, 2.45) is 0 Å². The third-order valence-corrected chi connectivity index (χ3v) is 2.75. The second-order valence-corrected chi connectivity index (χ2v) is 4.83. The summed E-state index contributed by atoms with van der Waals surface area (Å²) in [7, 11) is 0. The number of hydrogen-bond acceptors (Lipinski definition) is 4. The molecular formula is C13H11BrFN3O2. The normalized spacial score (nSPS) is 10.1. The zero-order valence-corrected chi connectivity index (χ0v) is 11.9. The number of nitrogens with two attached hydrogens (primary N) is 1. The second kappa shape index (κ2) is 6.33. The molecule has 20 heavy (non-hydrogen) atoms. The van der Waals surface area contributed by atoms with Crippen LogP contribution in [0.2, 0.25) is 0 Å². The molecule has 0 aliphatic heterocycles. The summed E-state index contributed by atoms with van der Waals surface area (Å²) >= 11 is 3.23. The van der Waals surface area contributed by atoms with E-state index in [9.17, 15) is 9.18 Å². The van der Waals surface area contributed by atoms with Gasteiger partial charge in [0.05, 0.1) is 11.9 Å². The minimum Gasteiger partial charge on any atom is -0.482 e. The first-order chi connectivity index (χ1) is 9.54. The third kappa shape index (κ3) is 3.92. The molecule has 0 bridgehead atoms. The molecule has 0 atom stereocenters. The molecule has 0 spiro atoms. The number of ether oxygens (including phenoxy) is 1. The minimum absolute atomic E-state index is 0.0194. The van der Waals surface area contributed by atoms with Crippen LogP contribution in [0.3, 0.4) is 0 Å². The second-order valence-electron chi connectivity index (χ2n) is 3.91. The van der Waals surface area contributed by atoms with Crippen molar-refractivity contribution in [3.8, 4) is 5.75 Å². The van der Waals surface area contributed by atoms with Gasteiger partial charge in [0.25, 0.3) is 5.91 Å². The van der Waals surface area contributed by atoms with Crippen molar-refractivity contribution in [3.63, 3.8) is 0 Å². The van der Waals surface area contributed by atoms with E-state index in [4.69, 9.17) is 10.5 Å². The number of hydrogen-bond donors (Lipinski definition) is 2. The van der Waals surface area contributed by atoms with E-state index in [1.807, 2.05) is 0 Å². The quantitative estimate of drug-likeness (QED) is 0.839. The Kier molecular flexibility index (Phi) is 4.52. The van der Waals surface area contributed by atoms with E-state index in [0.717, 1.165) is 4.47 Å². The topological polar surface area (TPSA) is 77.2 Å². The molecule has 1 aromatic carbocycles. The van der Waals surface area contributed by atoms with E-state index in [1.165, 1.54) is 24.4 Å². The Bertz CT molecular complexity index is 637. The summed E-state index contributed by atoms with van der Waals surface area (Å²) in [6.45, 7) is -0.258. The first-order valence-corrected chi connectivity index (χ1v) is 6.42. The third-order valence-electron chi connectivity index (χ3n) is 2.31. The fourth-order valence-electron chi connectivity index (χ4n) is 1.45. The first-order valence-electron chi connectivity index (χ1n) is 5.63. The number of carbonyl (C=O) groups excluding carboxylic acids is 1. The lowest BCUT2D eigenvalue weighted by molar-refractivity contribution is -0.118. The summed E-state index contributed by atoms with van der Waals surface area (Å²) in [6, 6.07) is 5.61. The number of carbonyl (C=O) groups is 1. The molecule has 0 radical (unpaired) electrons. The van der Waals surface area contributed by atoms with E-state index in [0.29, 0.717) is 11.4 Å². The van der Waals surface area contributed by atoms with Gasteiger partial charge in [0.2, 0.25) is 0 Å². The fraction of sp³-hybridized carbons (Fsp3) is 0.0769. The molecule has 0 saturated carbocycles. The van der Waals surface area contributed by atoms with Crippen LogP contribution in [-0.4, -0.2) is 17.5 Å². The highest BCUT2D eigenvalue weighted by molar-refractivity contribution is 9.10. The summed E-state index contributed by atoms with van der Waals surface area (Å²) < 4.78 is 19.4. The Hall–Kier alpha value is -2.15. The molecule has 0 aliphatic rings. The van der Waals surface area contributed by atoms with Crippen LogP contribution in [0.5, 0.6) is 5.75 Å². The number of aromatic nitrogens is 1. The molecule has 7 heteroatoms. The fourth-order valence-corrected chi connectivity index (χ4v) is 1.79. The molecule has 1 heterocycles. The highest BCUT2D eigenvalue weighted by Crippen LogP contribution is 2.18. The first kappa shape index (κ1) is 14.3. The van der Waals surface area contributed by atoms with Crippen molar-refractivity contribution in [1.29, 1.82) is 0 Å². The summed E-state index contributed by atoms with van der Waals surface area (Å²) in [5.74, 6) is -0.617. The maximum atomic E-state index is 13.4. The van der Waals surface area contributed by atoms with Gasteiger partial charge in [0, 0.05) is 16.4 Å². The lowest BCUT2D eigenvalue weighted by Crippen LogP contribution is -2.21. The van der Waals surface area contributed by atoms with Crippen molar-refractivity contribution < 1.29 is 13.9 Å². The molecule has 0 saturated heterocycles. The Morgan fingerprint density at radius 1 is 1.40 bits per heavy atom. The summed E-state index contributed by atoms with van der Waals surface area (Å²) in [5, 5.41) is 2.38.